The highest BCUT2D eigenvalue weighted by Gasteiger charge is 2.47. The number of carboxylic acid groups (broad SMARTS) is 1. The molecule has 0 saturated carbocycles. The van der Waals surface area contributed by atoms with Crippen LogP contribution >= 0.6 is 0 Å². The number of aromatic nitrogens is 1. The molecule has 1 aliphatic rings. The Morgan fingerprint density at radius 1 is 1.55 bits per heavy atom. The van der Waals surface area contributed by atoms with Gasteiger partial charge in [-0.15, -0.1) is 0 Å². The highest BCUT2D eigenvalue weighted by atomic mass is 16.5. The largest absolute Gasteiger partial charge is 0.481 e. The highest BCUT2D eigenvalue weighted by Crippen LogP contribution is 2.28. The summed E-state index contributed by atoms with van der Waals surface area (Å²) >= 11 is 0. The summed E-state index contributed by atoms with van der Waals surface area (Å²) < 4.78 is 5.16. The number of urea groups is 1. The van der Waals surface area contributed by atoms with Crippen LogP contribution in [0.3, 0.4) is 0 Å². The number of rotatable bonds is 4. The SMILES string of the molecule is CC1(C(=O)O)COCC1NC(=O)NCc1ccccn1. The summed E-state index contributed by atoms with van der Waals surface area (Å²) in [5, 5.41) is 14.5. The predicted octanol–water partition coefficient (Wildman–Crippen LogP) is 0.370. The van der Waals surface area contributed by atoms with Crippen LogP contribution in [0.4, 0.5) is 4.79 Å². The van der Waals surface area contributed by atoms with E-state index in [-0.39, 0.29) is 19.8 Å². The standard InChI is InChI=1S/C13H17N3O4/c1-13(11(17)18)8-20-7-10(13)16-12(19)15-6-9-4-2-3-5-14-9/h2-5,10H,6-8H2,1H3,(H,17,18)(H2,15,16,19). The van der Waals surface area contributed by atoms with Crippen molar-refractivity contribution in [2.75, 3.05) is 13.2 Å². The van der Waals surface area contributed by atoms with Crippen molar-refractivity contribution in [1.29, 1.82) is 0 Å². The van der Waals surface area contributed by atoms with E-state index in [9.17, 15) is 14.7 Å². The van der Waals surface area contributed by atoms with Gasteiger partial charge in [-0.25, -0.2) is 4.79 Å². The van der Waals surface area contributed by atoms with Crippen molar-refractivity contribution in [3.8, 4) is 0 Å². The highest BCUT2D eigenvalue weighted by molar-refractivity contribution is 5.79. The molecule has 1 saturated heterocycles. The number of pyridine rings is 1. The molecule has 20 heavy (non-hydrogen) atoms. The molecule has 1 aliphatic heterocycles. The van der Waals surface area contributed by atoms with Crippen molar-refractivity contribution >= 4 is 12.0 Å². The Morgan fingerprint density at radius 2 is 2.35 bits per heavy atom. The molecule has 7 heteroatoms. The van der Waals surface area contributed by atoms with Gasteiger partial charge in [0.15, 0.2) is 0 Å². The Balaban J connectivity index is 1.87. The van der Waals surface area contributed by atoms with Gasteiger partial charge < -0.3 is 20.5 Å². The van der Waals surface area contributed by atoms with Crippen LogP contribution < -0.4 is 10.6 Å². The van der Waals surface area contributed by atoms with Gasteiger partial charge in [0.1, 0.15) is 5.41 Å². The summed E-state index contributed by atoms with van der Waals surface area (Å²) in [6.07, 6.45) is 1.64. The quantitative estimate of drug-likeness (QED) is 0.739. The number of nitrogens with one attached hydrogen (secondary N) is 2. The number of hydrogen-bond acceptors (Lipinski definition) is 4. The van der Waals surface area contributed by atoms with E-state index in [4.69, 9.17) is 4.74 Å². The summed E-state index contributed by atoms with van der Waals surface area (Å²) in [4.78, 5) is 27.1. The van der Waals surface area contributed by atoms with Crippen LogP contribution in [0.25, 0.3) is 0 Å². The van der Waals surface area contributed by atoms with Gasteiger partial charge in [-0.3, -0.25) is 9.78 Å². The molecule has 1 fully saturated rings. The van der Waals surface area contributed by atoms with Gasteiger partial charge in [0.05, 0.1) is 31.5 Å². The molecule has 1 aromatic rings. The fraction of sp³-hybridized carbons (Fsp3) is 0.462. The topological polar surface area (TPSA) is 101 Å². The molecule has 0 aromatic carbocycles. The maximum atomic E-state index is 11.8. The number of amides is 2. The summed E-state index contributed by atoms with van der Waals surface area (Å²) in [6.45, 7) is 2.13. The van der Waals surface area contributed by atoms with E-state index < -0.39 is 23.5 Å². The minimum absolute atomic E-state index is 0.0908. The van der Waals surface area contributed by atoms with E-state index in [0.717, 1.165) is 5.69 Å². The average molecular weight is 279 g/mol. The van der Waals surface area contributed by atoms with E-state index in [0.29, 0.717) is 0 Å². The van der Waals surface area contributed by atoms with Crippen LogP contribution in [-0.2, 0) is 16.1 Å². The zero-order valence-corrected chi connectivity index (χ0v) is 11.1. The zero-order valence-electron chi connectivity index (χ0n) is 11.1. The first kappa shape index (κ1) is 14.3. The molecular weight excluding hydrogens is 262 g/mol. The fourth-order valence-corrected chi connectivity index (χ4v) is 1.97. The summed E-state index contributed by atoms with van der Waals surface area (Å²) in [5.41, 5.74) is -0.367. The second-order valence-electron chi connectivity index (χ2n) is 4.94. The minimum Gasteiger partial charge on any atom is -0.481 e. The maximum Gasteiger partial charge on any atom is 0.315 e. The van der Waals surface area contributed by atoms with E-state index >= 15 is 0 Å². The van der Waals surface area contributed by atoms with Crippen LogP contribution in [0.1, 0.15) is 12.6 Å². The molecule has 3 N–H and O–H groups in total. The third-order valence-electron chi connectivity index (χ3n) is 3.41. The second-order valence-corrected chi connectivity index (χ2v) is 4.94. The van der Waals surface area contributed by atoms with Gasteiger partial charge in [0.25, 0.3) is 0 Å². The Hall–Kier alpha value is -2.15. The Labute approximate surface area is 116 Å². The molecule has 2 heterocycles. The molecule has 2 atom stereocenters. The van der Waals surface area contributed by atoms with Gasteiger partial charge in [-0.05, 0) is 19.1 Å². The van der Waals surface area contributed by atoms with Crippen LogP contribution in [0.2, 0.25) is 0 Å². The van der Waals surface area contributed by atoms with Crippen molar-refractivity contribution in [2.45, 2.75) is 19.5 Å². The van der Waals surface area contributed by atoms with Gasteiger partial charge in [-0.1, -0.05) is 6.07 Å². The number of nitrogens with zero attached hydrogens (tertiary/aromatic N) is 1. The lowest BCUT2D eigenvalue weighted by Gasteiger charge is -2.25. The first-order valence-electron chi connectivity index (χ1n) is 6.28. The number of aliphatic carboxylic acids is 1. The predicted molar refractivity (Wildman–Crippen MR) is 70.0 cm³/mol. The number of hydrogen-bond donors (Lipinski definition) is 3. The molecule has 0 bridgehead atoms. The van der Waals surface area contributed by atoms with Crippen molar-refractivity contribution < 1.29 is 19.4 Å². The molecule has 2 amide bonds. The van der Waals surface area contributed by atoms with Gasteiger partial charge in [-0.2, -0.15) is 0 Å². The van der Waals surface area contributed by atoms with Crippen LogP contribution in [-0.4, -0.2) is 41.3 Å². The lowest BCUT2D eigenvalue weighted by molar-refractivity contribution is -0.148. The first-order valence-corrected chi connectivity index (χ1v) is 6.28. The van der Waals surface area contributed by atoms with Crippen LogP contribution in [0.5, 0.6) is 0 Å². The second kappa shape index (κ2) is 5.87. The maximum absolute atomic E-state index is 11.8. The van der Waals surface area contributed by atoms with Crippen molar-refractivity contribution in [2.24, 2.45) is 5.41 Å². The van der Waals surface area contributed by atoms with Gasteiger partial charge in [0.2, 0.25) is 0 Å². The third kappa shape index (κ3) is 3.05. The van der Waals surface area contributed by atoms with Crippen molar-refractivity contribution in [3.63, 3.8) is 0 Å². The monoisotopic (exact) mass is 279 g/mol. The lowest BCUT2D eigenvalue weighted by Crippen LogP contribution is -2.52. The molecule has 108 valence electrons. The van der Waals surface area contributed by atoms with Gasteiger partial charge >= 0.3 is 12.0 Å². The van der Waals surface area contributed by atoms with E-state index in [1.807, 2.05) is 6.07 Å². The lowest BCUT2D eigenvalue weighted by atomic mass is 9.85. The average Bonchev–Trinajstić information content (AvgIpc) is 2.80. The Kier molecular flexibility index (Phi) is 4.19. The van der Waals surface area contributed by atoms with Gasteiger partial charge in [0, 0.05) is 6.20 Å². The molecule has 0 spiro atoms. The van der Waals surface area contributed by atoms with Crippen LogP contribution in [0.15, 0.2) is 24.4 Å². The summed E-state index contributed by atoms with van der Waals surface area (Å²) in [5.74, 6) is -0.981. The van der Waals surface area contributed by atoms with Crippen molar-refractivity contribution in [3.05, 3.63) is 30.1 Å². The summed E-state index contributed by atoms with van der Waals surface area (Å²) in [7, 11) is 0. The smallest absolute Gasteiger partial charge is 0.315 e. The van der Waals surface area contributed by atoms with E-state index in [1.165, 1.54) is 0 Å². The number of carboxylic acids is 1. The van der Waals surface area contributed by atoms with E-state index in [1.54, 1.807) is 25.3 Å². The summed E-state index contributed by atoms with van der Waals surface area (Å²) in [6, 6.07) is 4.43. The van der Waals surface area contributed by atoms with Crippen LogP contribution in [0, 0.1) is 5.41 Å². The Morgan fingerprint density at radius 3 is 3.00 bits per heavy atom. The Bertz CT molecular complexity index is 494. The van der Waals surface area contributed by atoms with Crippen molar-refractivity contribution in [1.82, 2.24) is 15.6 Å². The fourth-order valence-electron chi connectivity index (χ4n) is 1.97. The zero-order chi connectivity index (χ0) is 14.6. The molecule has 0 radical (unpaired) electrons. The third-order valence-corrected chi connectivity index (χ3v) is 3.41. The molecule has 1 aromatic heterocycles. The first-order chi connectivity index (χ1) is 9.52. The molecule has 7 nitrogen and oxygen atoms in total. The minimum atomic E-state index is -1.09. The molecule has 2 unspecified atom stereocenters. The number of ether oxygens (including phenoxy) is 1. The van der Waals surface area contributed by atoms with E-state index in [2.05, 4.69) is 15.6 Å². The molecule has 2 rings (SSSR count). The normalized spacial score (nSPS) is 25.1. The molecular formula is C13H17N3O4. The number of carbonyl (C=O) groups excluding carboxylic acids is 1. The number of carbonyl (C=O) groups is 2. The molecule has 0 aliphatic carbocycles.